The lowest BCUT2D eigenvalue weighted by Gasteiger charge is -2.44. The van der Waals surface area contributed by atoms with Crippen LogP contribution in [-0.4, -0.2) is 33.9 Å². The molecular formula is C18H23N5O. The van der Waals surface area contributed by atoms with E-state index < -0.39 is 0 Å². The smallest absolute Gasteiger partial charge is 0.217 e. The zero-order chi connectivity index (χ0) is 16.5. The average Bonchev–Trinajstić information content (AvgIpc) is 2.60. The first-order valence-corrected chi connectivity index (χ1v) is 8.78. The predicted molar refractivity (Wildman–Crippen MR) is 92.3 cm³/mol. The number of aromatic nitrogens is 3. The molecule has 6 nitrogen and oxygen atoms in total. The van der Waals surface area contributed by atoms with Crippen LogP contribution in [0.25, 0.3) is 10.9 Å². The number of hydrogen-bond acceptors (Lipinski definition) is 5. The SMILES string of the molecule is NC(=O)CC1CCC2CN(c3ncnc4cnccc34)CCC2C1. The van der Waals surface area contributed by atoms with E-state index >= 15 is 0 Å². The van der Waals surface area contributed by atoms with Crippen molar-refractivity contribution in [1.29, 1.82) is 0 Å². The summed E-state index contributed by atoms with van der Waals surface area (Å²) in [5.74, 6) is 2.77. The van der Waals surface area contributed by atoms with Crippen LogP contribution in [0.4, 0.5) is 5.82 Å². The molecule has 24 heavy (non-hydrogen) atoms. The molecule has 3 atom stereocenters. The van der Waals surface area contributed by atoms with Crippen molar-refractivity contribution in [3.05, 3.63) is 24.8 Å². The quantitative estimate of drug-likeness (QED) is 0.934. The molecule has 4 rings (SSSR count). The minimum Gasteiger partial charge on any atom is -0.370 e. The Bertz CT molecular complexity index is 744. The van der Waals surface area contributed by atoms with E-state index in [1.807, 2.05) is 6.07 Å². The summed E-state index contributed by atoms with van der Waals surface area (Å²) < 4.78 is 0. The van der Waals surface area contributed by atoms with Crippen molar-refractivity contribution >= 4 is 22.6 Å². The highest BCUT2D eigenvalue weighted by atomic mass is 16.1. The van der Waals surface area contributed by atoms with E-state index in [0.717, 1.165) is 49.1 Å². The molecule has 6 heteroatoms. The number of piperidine rings is 1. The molecular weight excluding hydrogens is 302 g/mol. The van der Waals surface area contributed by atoms with Crippen LogP contribution in [-0.2, 0) is 4.79 Å². The fourth-order valence-corrected chi connectivity index (χ4v) is 4.52. The molecule has 0 bridgehead atoms. The monoisotopic (exact) mass is 325 g/mol. The van der Waals surface area contributed by atoms with Gasteiger partial charge in [-0.2, -0.15) is 0 Å². The van der Waals surface area contributed by atoms with Crippen LogP contribution in [0.3, 0.4) is 0 Å². The largest absolute Gasteiger partial charge is 0.370 e. The fraction of sp³-hybridized carbons (Fsp3) is 0.556. The van der Waals surface area contributed by atoms with Gasteiger partial charge >= 0.3 is 0 Å². The maximum Gasteiger partial charge on any atom is 0.217 e. The number of rotatable bonds is 3. The van der Waals surface area contributed by atoms with Crippen LogP contribution in [0.1, 0.15) is 32.1 Å². The first-order valence-electron chi connectivity index (χ1n) is 8.78. The second-order valence-corrected chi connectivity index (χ2v) is 7.19. The molecule has 1 saturated carbocycles. The van der Waals surface area contributed by atoms with E-state index in [4.69, 9.17) is 5.73 Å². The Morgan fingerprint density at radius 1 is 1.25 bits per heavy atom. The first kappa shape index (κ1) is 15.3. The topological polar surface area (TPSA) is 85.0 Å². The van der Waals surface area contributed by atoms with Crippen LogP contribution < -0.4 is 10.6 Å². The number of pyridine rings is 1. The van der Waals surface area contributed by atoms with Crippen molar-refractivity contribution < 1.29 is 4.79 Å². The Morgan fingerprint density at radius 3 is 3.04 bits per heavy atom. The van der Waals surface area contributed by atoms with Crippen molar-refractivity contribution in [1.82, 2.24) is 15.0 Å². The number of carbonyl (C=O) groups excluding carboxylic acids is 1. The number of anilines is 1. The van der Waals surface area contributed by atoms with Crippen molar-refractivity contribution in [2.24, 2.45) is 23.5 Å². The minimum absolute atomic E-state index is 0.156. The van der Waals surface area contributed by atoms with E-state index in [9.17, 15) is 4.79 Å². The molecule has 1 aliphatic heterocycles. The molecule has 3 unspecified atom stereocenters. The summed E-state index contributed by atoms with van der Waals surface area (Å²) >= 11 is 0. The first-order chi connectivity index (χ1) is 11.7. The Kier molecular flexibility index (Phi) is 4.04. The lowest BCUT2D eigenvalue weighted by molar-refractivity contribution is -0.119. The molecule has 2 fully saturated rings. The highest BCUT2D eigenvalue weighted by Gasteiger charge is 2.35. The van der Waals surface area contributed by atoms with E-state index in [2.05, 4.69) is 19.9 Å². The lowest BCUT2D eigenvalue weighted by atomic mass is 9.70. The maximum absolute atomic E-state index is 11.2. The second-order valence-electron chi connectivity index (χ2n) is 7.19. The summed E-state index contributed by atoms with van der Waals surface area (Å²) in [4.78, 5) is 26.6. The van der Waals surface area contributed by atoms with Gasteiger partial charge in [0.25, 0.3) is 0 Å². The number of carbonyl (C=O) groups is 1. The van der Waals surface area contributed by atoms with Crippen molar-refractivity contribution in [3.8, 4) is 0 Å². The summed E-state index contributed by atoms with van der Waals surface area (Å²) in [6, 6.07) is 2.00. The van der Waals surface area contributed by atoms with Crippen molar-refractivity contribution in [2.45, 2.75) is 32.1 Å². The molecule has 3 heterocycles. The molecule has 2 aromatic heterocycles. The lowest BCUT2D eigenvalue weighted by Crippen LogP contribution is -2.43. The minimum atomic E-state index is -0.156. The van der Waals surface area contributed by atoms with Gasteiger partial charge in [-0.3, -0.25) is 9.78 Å². The van der Waals surface area contributed by atoms with Crippen molar-refractivity contribution in [3.63, 3.8) is 0 Å². The molecule has 0 spiro atoms. The number of hydrogen-bond donors (Lipinski definition) is 1. The molecule has 126 valence electrons. The highest BCUT2D eigenvalue weighted by molar-refractivity contribution is 5.88. The van der Waals surface area contributed by atoms with Gasteiger partial charge in [0.15, 0.2) is 0 Å². The highest BCUT2D eigenvalue weighted by Crippen LogP contribution is 2.41. The number of nitrogens with two attached hydrogens (primary N) is 1. The number of nitrogens with zero attached hydrogens (tertiary/aromatic N) is 4. The zero-order valence-corrected chi connectivity index (χ0v) is 13.8. The van der Waals surface area contributed by atoms with Crippen LogP contribution in [0.5, 0.6) is 0 Å². The summed E-state index contributed by atoms with van der Waals surface area (Å²) in [7, 11) is 0. The molecule has 1 amide bonds. The molecule has 2 aliphatic rings. The van der Waals surface area contributed by atoms with Crippen LogP contribution in [0.15, 0.2) is 24.8 Å². The van der Waals surface area contributed by atoms with Gasteiger partial charge < -0.3 is 10.6 Å². The molecule has 1 saturated heterocycles. The Morgan fingerprint density at radius 2 is 2.17 bits per heavy atom. The third-order valence-corrected chi connectivity index (χ3v) is 5.68. The Balaban J connectivity index is 1.50. The fourth-order valence-electron chi connectivity index (χ4n) is 4.52. The number of amides is 1. The summed E-state index contributed by atoms with van der Waals surface area (Å²) in [6.07, 6.45) is 10.4. The Hall–Kier alpha value is -2.24. The van der Waals surface area contributed by atoms with E-state index in [-0.39, 0.29) is 5.91 Å². The van der Waals surface area contributed by atoms with Gasteiger partial charge in [0.1, 0.15) is 12.1 Å². The van der Waals surface area contributed by atoms with Crippen LogP contribution in [0, 0.1) is 17.8 Å². The Labute approximate surface area is 141 Å². The third kappa shape index (κ3) is 2.92. The summed E-state index contributed by atoms with van der Waals surface area (Å²) in [5.41, 5.74) is 6.27. The van der Waals surface area contributed by atoms with Crippen LogP contribution >= 0.6 is 0 Å². The molecule has 2 N–H and O–H groups in total. The van der Waals surface area contributed by atoms with E-state index in [1.54, 1.807) is 18.7 Å². The second kappa shape index (κ2) is 6.34. The molecule has 1 aliphatic carbocycles. The third-order valence-electron chi connectivity index (χ3n) is 5.68. The van der Waals surface area contributed by atoms with Gasteiger partial charge in [0.2, 0.25) is 5.91 Å². The van der Waals surface area contributed by atoms with Gasteiger partial charge in [-0.05, 0) is 49.5 Å². The predicted octanol–water partition coefficient (Wildman–Crippen LogP) is 2.14. The average molecular weight is 325 g/mol. The van der Waals surface area contributed by atoms with E-state index in [1.165, 1.54) is 6.42 Å². The number of fused-ring (bicyclic) bond motifs is 2. The van der Waals surface area contributed by atoms with E-state index in [0.29, 0.717) is 24.2 Å². The van der Waals surface area contributed by atoms with Gasteiger partial charge in [-0.15, -0.1) is 0 Å². The standard InChI is InChI=1S/C18H23N5O/c19-17(24)8-12-1-2-14-10-23(6-4-13(14)7-12)18-15-3-5-20-9-16(15)21-11-22-18/h3,5,9,11-14H,1-2,4,6-8,10H2,(H2,19,24). The summed E-state index contributed by atoms with van der Waals surface area (Å²) in [6.45, 7) is 2.06. The maximum atomic E-state index is 11.2. The number of primary amides is 1. The molecule has 2 aromatic rings. The van der Waals surface area contributed by atoms with Gasteiger partial charge in [-0.25, -0.2) is 9.97 Å². The van der Waals surface area contributed by atoms with Crippen molar-refractivity contribution in [2.75, 3.05) is 18.0 Å². The van der Waals surface area contributed by atoms with Crippen LogP contribution in [0.2, 0.25) is 0 Å². The van der Waals surface area contributed by atoms with Gasteiger partial charge in [-0.1, -0.05) is 0 Å². The van der Waals surface area contributed by atoms with Gasteiger partial charge in [0, 0.05) is 31.1 Å². The molecule has 0 aromatic carbocycles. The normalized spacial score (nSPS) is 27.0. The zero-order valence-electron chi connectivity index (χ0n) is 13.8. The van der Waals surface area contributed by atoms with Gasteiger partial charge in [0.05, 0.1) is 11.7 Å². The molecule has 0 radical (unpaired) electrons. The summed E-state index contributed by atoms with van der Waals surface area (Å²) in [5, 5.41) is 1.08.